The molecule has 0 bridgehead atoms. The Kier molecular flexibility index (Phi) is 4.18. The zero-order valence-electron chi connectivity index (χ0n) is 15.0. The summed E-state index contributed by atoms with van der Waals surface area (Å²) < 4.78 is 7.78. The summed E-state index contributed by atoms with van der Waals surface area (Å²) >= 11 is 0. The van der Waals surface area contributed by atoms with Crippen LogP contribution in [0.5, 0.6) is 0 Å². The Balaban J connectivity index is 1.23. The SMILES string of the molecule is c1ccc(-c2nc(CN3CCC(c4nnc5ccccn45)CC3)co2)cc1. The number of rotatable bonds is 4. The van der Waals surface area contributed by atoms with E-state index in [2.05, 4.69) is 30.7 Å². The summed E-state index contributed by atoms with van der Waals surface area (Å²) in [7, 11) is 0. The third-order valence-electron chi connectivity index (χ3n) is 5.25. The van der Waals surface area contributed by atoms with Gasteiger partial charge in [0.2, 0.25) is 5.89 Å². The van der Waals surface area contributed by atoms with E-state index >= 15 is 0 Å². The molecule has 0 aliphatic carbocycles. The molecule has 1 aliphatic rings. The van der Waals surface area contributed by atoms with Crippen LogP contribution in [-0.2, 0) is 6.54 Å². The lowest BCUT2D eigenvalue weighted by atomic mass is 9.96. The monoisotopic (exact) mass is 359 g/mol. The van der Waals surface area contributed by atoms with Gasteiger partial charge in [-0.05, 0) is 50.2 Å². The zero-order valence-corrected chi connectivity index (χ0v) is 15.0. The topological polar surface area (TPSA) is 59.5 Å². The first-order chi connectivity index (χ1) is 13.4. The average molecular weight is 359 g/mol. The van der Waals surface area contributed by atoms with Crippen LogP contribution in [0.15, 0.2) is 65.4 Å². The van der Waals surface area contributed by atoms with E-state index in [1.807, 2.05) is 48.5 Å². The fraction of sp³-hybridized carbons (Fsp3) is 0.286. The smallest absolute Gasteiger partial charge is 0.226 e. The molecule has 6 heteroatoms. The Morgan fingerprint density at radius 1 is 0.963 bits per heavy atom. The van der Waals surface area contributed by atoms with Crippen LogP contribution in [0.1, 0.15) is 30.3 Å². The number of likely N-dealkylation sites (tertiary alicyclic amines) is 1. The first kappa shape index (κ1) is 16.2. The summed E-state index contributed by atoms with van der Waals surface area (Å²) in [5.74, 6) is 2.23. The fourth-order valence-corrected chi connectivity index (χ4v) is 3.81. The highest BCUT2D eigenvalue weighted by Crippen LogP contribution is 2.28. The largest absolute Gasteiger partial charge is 0.444 e. The van der Waals surface area contributed by atoms with E-state index in [0.29, 0.717) is 11.8 Å². The van der Waals surface area contributed by atoms with Gasteiger partial charge in [0.1, 0.15) is 12.1 Å². The molecule has 1 saturated heterocycles. The number of hydrogen-bond acceptors (Lipinski definition) is 5. The highest BCUT2D eigenvalue weighted by molar-refractivity contribution is 5.52. The lowest BCUT2D eigenvalue weighted by Gasteiger charge is -2.30. The molecule has 0 spiro atoms. The summed E-state index contributed by atoms with van der Waals surface area (Å²) in [6, 6.07) is 16.1. The first-order valence-electron chi connectivity index (χ1n) is 9.39. The van der Waals surface area contributed by atoms with Crippen LogP contribution in [0.3, 0.4) is 0 Å². The number of nitrogens with zero attached hydrogens (tertiary/aromatic N) is 5. The van der Waals surface area contributed by atoms with Crippen molar-refractivity contribution in [2.75, 3.05) is 13.1 Å². The standard InChI is InChI=1S/C21H21N5O/c1-2-6-17(7-3-1)21-22-18(15-27-21)14-25-12-9-16(10-13-25)20-24-23-19-8-4-5-11-26(19)20/h1-8,11,15-16H,9-10,12-14H2. The molecule has 4 aromatic rings. The Hall–Kier alpha value is -2.99. The van der Waals surface area contributed by atoms with Gasteiger partial charge >= 0.3 is 0 Å². The lowest BCUT2D eigenvalue weighted by molar-refractivity contribution is 0.199. The van der Waals surface area contributed by atoms with Crippen LogP contribution in [-0.4, -0.2) is 37.6 Å². The van der Waals surface area contributed by atoms with Crippen molar-refractivity contribution in [2.45, 2.75) is 25.3 Å². The number of piperidine rings is 1. The van der Waals surface area contributed by atoms with Gasteiger partial charge in [-0.25, -0.2) is 4.98 Å². The number of fused-ring (bicyclic) bond motifs is 1. The van der Waals surface area contributed by atoms with Crippen molar-refractivity contribution in [1.82, 2.24) is 24.5 Å². The Bertz CT molecular complexity index is 1030. The molecule has 0 N–H and O–H groups in total. The van der Waals surface area contributed by atoms with E-state index in [1.54, 1.807) is 6.26 Å². The van der Waals surface area contributed by atoms with Crippen LogP contribution in [0.2, 0.25) is 0 Å². The minimum Gasteiger partial charge on any atom is -0.444 e. The molecule has 0 unspecified atom stereocenters. The summed E-state index contributed by atoms with van der Waals surface area (Å²) in [6.07, 6.45) is 6.00. The molecule has 6 nitrogen and oxygen atoms in total. The molecular weight excluding hydrogens is 338 g/mol. The van der Waals surface area contributed by atoms with Crippen LogP contribution < -0.4 is 0 Å². The molecule has 0 radical (unpaired) electrons. The van der Waals surface area contributed by atoms with Crippen LogP contribution in [0.25, 0.3) is 17.1 Å². The molecule has 1 fully saturated rings. The van der Waals surface area contributed by atoms with Gasteiger partial charge in [-0.3, -0.25) is 9.30 Å². The summed E-state index contributed by atoms with van der Waals surface area (Å²) in [4.78, 5) is 7.09. The number of oxazole rings is 1. The normalized spacial score (nSPS) is 16.1. The van der Waals surface area contributed by atoms with Gasteiger partial charge in [0, 0.05) is 24.2 Å². The van der Waals surface area contributed by atoms with E-state index in [-0.39, 0.29) is 0 Å². The second kappa shape index (κ2) is 6.96. The van der Waals surface area contributed by atoms with E-state index in [1.165, 1.54) is 0 Å². The molecule has 1 aliphatic heterocycles. The molecule has 27 heavy (non-hydrogen) atoms. The number of benzene rings is 1. The maximum absolute atomic E-state index is 5.66. The number of aromatic nitrogens is 4. The number of pyridine rings is 1. The molecule has 4 heterocycles. The van der Waals surface area contributed by atoms with Crippen molar-refractivity contribution in [1.29, 1.82) is 0 Å². The van der Waals surface area contributed by atoms with Crippen molar-refractivity contribution in [3.8, 4) is 11.5 Å². The molecule has 3 aromatic heterocycles. The Morgan fingerprint density at radius 2 is 1.78 bits per heavy atom. The molecule has 0 amide bonds. The van der Waals surface area contributed by atoms with E-state index in [4.69, 9.17) is 4.42 Å². The maximum Gasteiger partial charge on any atom is 0.226 e. The Morgan fingerprint density at radius 3 is 2.63 bits per heavy atom. The van der Waals surface area contributed by atoms with Crippen LogP contribution >= 0.6 is 0 Å². The van der Waals surface area contributed by atoms with Crippen LogP contribution in [0, 0.1) is 0 Å². The van der Waals surface area contributed by atoms with Crippen LogP contribution in [0.4, 0.5) is 0 Å². The van der Waals surface area contributed by atoms with Gasteiger partial charge in [0.25, 0.3) is 0 Å². The second-order valence-corrected chi connectivity index (χ2v) is 7.05. The van der Waals surface area contributed by atoms with Crippen molar-refractivity contribution >= 4 is 5.65 Å². The summed E-state index contributed by atoms with van der Waals surface area (Å²) in [6.45, 7) is 2.88. The maximum atomic E-state index is 5.66. The van der Waals surface area contributed by atoms with Gasteiger partial charge in [-0.15, -0.1) is 10.2 Å². The quantitative estimate of drug-likeness (QED) is 0.555. The molecular formula is C21H21N5O. The average Bonchev–Trinajstić information content (AvgIpc) is 3.37. The predicted octanol–water partition coefficient (Wildman–Crippen LogP) is 3.76. The highest BCUT2D eigenvalue weighted by atomic mass is 16.3. The van der Waals surface area contributed by atoms with Crippen molar-refractivity contribution in [3.05, 3.63) is 72.5 Å². The second-order valence-electron chi connectivity index (χ2n) is 7.05. The molecule has 0 atom stereocenters. The first-order valence-corrected chi connectivity index (χ1v) is 9.39. The number of hydrogen-bond donors (Lipinski definition) is 0. The summed E-state index contributed by atoms with van der Waals surface area (Å²) in [5, 5.41) is 8.72. The van der Waals surface area contributed by atoms with Crippen molar-refractivity contribution < 1.29 is 4.42 Å². The minimum atomic E-state index is 0.454. The minimum absolute atomic E-state index is 0.454. The van der Waals surface area contributed by atoms with Gasteiger partial charge in [-0.1, -0.05) is 24.3 Å². The molecule has 0 saturated carbocycles. The Labute approximate surface area is 157 Å². The van der Waals surface area contributed by atoms with Crippen molar-refractivity contribution in [2.24, 2.45) is 0 Å². The van der Waals surface area contributed by atoms with E-state index in [9.17, 15) is 0 Å². The van der Waals surface area contributed by atoms with Gasteiger partial charge in [0.05, 0.1) is 5.69 Å². The summed E-state index contributed by atoms with van der Waals surface area (Å²) in [5.41, 5.74) is 2.92. The zero-order chi connectivity index (χ0) is 18.1. The highest BCUT2D eigenvalue weighted by Gasteiger charge is 2.25. The fourth-order valence-electron chi connectivity index (χ4n) is 3.81. The van der Waals surface area contributed by atoms with Crippen molar-refractivity contribution in [3.63, 3.8) is 0 Å². The predicted molar refractivity (Wildman–Crippen MR) is 102 cm³/mol. The van der Waals surface area contributed by atoms with Gasteiger partial charge < -0.3 is 4.42 Å². The van der Waals surface area contributed by atoms with Gasteiger partial charge in [-0.2, -0.15) is 0 Å². The van der Waals surface area contributed by atoms with E-state index < -0.39 is 0 Å². The lowest BCUT2D eigenvalue weighted by Crippen LogP contribution is -2.33. The third kappa shape index (κ3) is 3.24. The van der Waals surface area contributed by atoms with E-state index in [0.717, 1.165) is 55.2 Å². The third-order valence-corrected chi connectivity index (χ3v) is 5.25. The molecule has 1 aromatic carbocycles. The van der Waals surface area contributed by atoms with Gasteiger partial charge in [0.15, 0.2) is 5.65 Å². The molecule has 5 rings (SSSR count). The molecule has 136 valence electrons.